The van der Waals surface area contributed by atoms with Gasteiger partial charge >= 0.3 is 0 Å². The number of benzene rings is 1. The van der Waals surface area contributed by atoms with E-state index < -0.39 is 0 Å². The summed E-state index contributed by atoms with van der Waals surface area (Å²) in [5.41, 5.74) is 6.55. The fraction of sp³-hybridized carbons (Fsp3) is 0.500. The Hall–Kier alpha value is -1.59. The van der Waals surface area contributed by atoms with Gasteiger partial charge in [0, 0.05) is 38.6 Å². The second-order valence-electron chi connectivity index (χ2n) is 5.51. The van der Waals surface area contributed by atoms with Gasteiger partial charge in [-0.05, 0) is 5.56 Å². The molecule has 5 nitrogen and oxygen atoms in total. The summed E-state index contributed by atoms with van der Waals surface area (Å²) in [7, 11) is 0. The van der Waals surface area contributed by atoms with Gasteiger partial charge in [-0.3, -0.25) is 9.59 Å². The Bertz CT molecular complexity index is 487. The van der Waals surface area contributed by atoms with Crippen LogP contribution in [0.5, 0.6) is 0 Å². The molecule has 2 rings (SSSR count). The maximum atomic E-state index is 12.2. The molecule has 0 radical (unpaired) electrons. The molecule has 1 aliphatic heterocycles. The van der Waals surface area contributed by atoms with Gasteiger partial charge in [-0.15, -0.1) is 12.4 Å². The molecule has 1 aliphatic rings. The molecule has 1 aromatic rings. The van der Waals surface area contributed by atoms with Crippen LogP contribution in [0.3, 0.4) is 0 Å². The number of hydrogen-bond acceptors (Lipinski definition) is 3. The Morgan fingerprint density at radius 3 is 2.18 bits per heavy atom. The van der Waals surface area contributed by atoms with Crippen LogP contribution in [0.25, 0.3) is 0 Å². The van der Waals surface area contributed by atoms with Gasteiger partial charge in [0.15, 0.2) is 0 Å². The van der Waals surface area contributed by atoms with Crippen LogP contribution < -0.4 is 5.73 Å². The van der Waals surface area contributed by atoms with Gasteiger partial charge in [0.25, 0.3) is 0 Å². The first-order valence-corrected chi connectivity index (χ1v) is 7.42. The zero-order chi connectivity index (χ0) is 15.2. The van der Waals surface area contributed by atoms with E-state index in [-0.39, 0.29) is 30.1 Å². The molecule has 1 unspecified atom stereocenters. The summed E-state index contributed by atoms with van der Waals surface area (Å²) in [4.78, 5) is 27.9. The summed E-state index contributed by atoms with van der Waals surface area (Å²) < 4.78 is 0. The molecular formula is C16H24ClN3O2. The number of halogens is 1. The van der Waals surface area contributed by atoms with Crippen molar-refractivity contribution in [3.05, 3.63) is 35.9 Å². The first kappa shape index (κ1) is 18.5. The summed E-state index contributed by atoms with van der Waals surface area (Å²) in [5.74, 6) is 0.0735. The van der Waals surface area contributed by atoms with Gasteiger partial charge in [-0.1, -0.05) is 37.3 Å². The van der Waals surface area contributed by atoms with Crippen LogP contribution in [0.15, 0.2) is 30.3 Å². The number of amides is 2. The highest BCUT2D eigenvalue weighted by atomic mass is 35.5. The van der Waals surface area contributed by atoms with Crippen molar-refractivity contribution in [2.24, 2.45) is 11.7 Å². The number of carbonyl (C=O) groups excluding carboxylic acids is 2. The summed E-state index contributed by atoms with van der Waals surface area (Å²) in [5, 5.41) is 0. The van der Waals surface area contributed by atoms with Gasteiger partial charge in [0.1, 0.15) is 0 Å². The Balaban J connectivity index is 0.00000242. The van der Waals surface area contributed by atoms with E-state index in [1.807, 2.05) is 47.1 Å². The molecule has 1 heterocycles. The molecule has 22 heavy (non-hydrogen) atoms. The molecule has 0 aromatic heterocycles. The molecule has 2 amide bonds. The lowest BCUT2D eigenvalue weighted by atomic mass is 10.1. The molecule has 0 aliphatic carbocycles. The first-order valence-electron chi connectivity index (χ1n) is 7.42. The summed E-state index contributed by atoms with van der Waals surface area (Å²) in [6.07, 6.45) is 0.425. The number of carbonyl (C=O) groups is 2. The van der Waals surface area contributed by atoms with E-state index in [9.17, 15) is 9.59 Å². The van der Waals surface area contributed by atoms with E-state index in [2.05, 4.69) is 0 Å². The lowest BCUT2D eigenvalue weighted by Gasteiger charge is -2.36. The number of hydrogen-bond donors (Lipinski definition) is 1. The average molecular weight is 326 g/mol. The molecule has 0 spiro atoms. The Kier molecular flexibility index (Phi) is 7.35. The van der Waals surface area contributed by atoms with E-state index in [0.29, 0.717) is 39.1 Å². The third-order valence-corrected chi connectivity index (χ3v) is 3.92. The van der Waals surface area contributed by atoms with E-state index in [4.69, 9.17) is 5.73 Å². The van der Waals surface area contributed by atoms with Crippen molar-refractivity contribution in [1.29, 1.82) is 0 Å². The monoisotopic (exact) mass is 325 g/mol. The van der Waals surface area contributed by atoms with E-state index >= 15 is 0 Å². The van der Waals surface area contributed by atoms with Crippen LogP contribution in [0.2, 0.25) is 0 Å². The van der Waals surface area contributed by atoms with Crippen molar-refractivity contribution in [1.82, 2.24) is 9.80 Å². The normalized spacial score (nSPS) is 15.9. The third-order valence-electron chi connectivity index (χ3n) is 3.92. The molecule has 2 N–H and O–H groups in total. The molecule has 1 fully saturated rings. The fourth-order valence-electron chi connectivity index (χ4n) is 2.47. The van der Waals surface area contributed by atoms with Gasteiger partial charge in [-0.2, -0.15) is 0 Å². The van der Waals surface area contributed by atoms with Crippen LogP contribution in [-0.4, -0.2) is 54.3 Å². The number of piperazine rings is 1. The van der Waals surface area contributed by atoms with Crippen LogP contribution in [-0.2, 0) is 16.0 Å². The van der Waals surface area contributed by atoms with E-state index in [1.165, 1.54) is 0 Å². The Morgan fingerprint density at radius 2 is 1.64 bits per heavy atom. The van der Waals surface area contributed by atoms with Crippen LogP contribution in [0.1, 0.15) is 12.5 Å². The largest absolute Gasteiger partial charge is 0.339 e. The van der Waals surface area contributed by atoms with Gasteiger partial charge < -0.3 is 15.5 Å². The summed E-state index contributed by atoms with van der Waals surface area (Å²) in [6.45, 7) is 4.62. The quantitative estimate of drug-likeness (QED) is 0.895. The van der Waals surface area contributed by atoms with Crippen LogP contribution in [0, 0.1) is 5.92 Å². The van der Waals surface area contributed by atoms with Crippen molar-refractivity contribution in [3.63, 3.8) is 0 Å². The second-order valence-corrected chi connectivity index (χ2v) is 5.51. The zero-order valence-corrected chi connectivity index (χ0v) is 13.7. The molecule has 6 heteroatoms. The average Bonchev–Trinajstić information content (AvgIpc) is 2.54. The minimum atomic E-state index is -0.142. The van der Waals surface area contributed by atoms with Crippen molar-refractivity contribution < 1.29 is 9.59 Å². The van der Waals surface area contributed by atoms with Crippen molar-refractivity contribution in [2.45, 2.75) is 13.3 Å². The number of rotatable bonds is 4. The maximum absolute atomic E-state index is 12.2. The van der Waals surface area contributed by atoms with Gasteiger partial charge in [-0.25, -0.2) is 0 Å². The standard InChI is InChI=1S/C16H23N3O2.ClH/c1-13(12-17)16(21)19-9-7-18(8-10-19)15(20)11-14-5-3-2-4-6-14;/h2-6,13H,7-12,17H2,1H3;1H. The first-order chi connectivity index (χ1) is 10.1. The van der Waals surface area contributed by atoms with Crippen molar-refractivity contribution >= 4 is 24.2 Å². The zero-order valence-electron chi connectivity index (χ0n) is 12.9. The maximum Gasteiger partial charge on any atom is 0.227 e. The third kappa shape index (κ3) is 4.71. The summed E-state index contributed by atoms with van der Waals surface area (Å²) in [6, 6.07) is 9.74. The number of nitrogens with two attached hydrogens (primary N) is 1. The highest BCUT2D eigenvalue weighted by molar-refractivity contribution is 5.85. The molecule has 1 saturated heterocycles. The predicted molar refractivity (Wildman–Crippen MR) is 88.8 cm³/mol. The SMILES string of the molecule is CC(CN)C(=O)N1CCN(C(=O)Cc2ccccc2)CC1.Cl. The predicted octanol–water partition coefficient (Wildman–Crippen LogP) is 0.917. The molecule has 122 valence electrons. The van der Waals surface area contributed by atoms with Crippen LogP contribution >= 0.6 is 12.4 Å². The molecule has 1 aromatic carbocycles. The summed E-state index contributed by atoms with van der Waals surface area (Å²) >= 11 is 0. The lowest BCUT2D eigenvalue weighted by Crippen LogP contribution is -2.52. The lowest BCUT2D eigenvalue weighted by molar-refractivity contribution is -0.141. The molecule has 0 bridgehead atoms. The fourth-order valence-corrected chi connectivity index (χ4v) is 2.47. The Morgan fingerprint density at radius 1 is 1.09 bits per heavy atom. The molecule has 1 atom stereocenters. The molecular weight excluding hydrogens is 302 g/mol. The van der Waals surface area contributed by atoms with Gasteiger partial charge in [0.2, 0.25) is 11.8 Å². The van der Waals surface area contributed by atoms with Gasteiger partial charge in [0.05, 0.1) is 6.42 Å². The highest BCUT2D eigenvalue weighted by Crippen LogP contribution is 2.09. The number of nitrogens with zero attached hydrogens (tertiary/aromatic N) is 2. The van der Waals surface area contributed by atoms with Crippen LogP contribution in [0.4, 0.5) is 0 Å². The van der Waals surface area contributed by atoms with Crippen molar-refractivity contribution in [2.75, 3.05) is 32.7 Å². The van der Waals surface area contributed by atoms with E-state index in [0.717, 1.165) is 5.56 Å². The smallest absolute Gasteiger partial charge is 0.227 e. The molecule has 0 saturated carbocycles. The second kappa shape index (κ2) is 8.76. The minimum absolute atomic E-state index is 0. The van der Waals surface area contributed by atoms with Crippen molar-refractivity contribution in [3.8, 4) is 0 Å². The van der Waals surface area contributed by atoms with E-state index in [1.54, 1.807) is 0 Å². The highest BCUT2D eigenvalue weighted by Gasteiger charge is 2.26. The minimum Gasteiger partial charge on any atom is -0.339 e. The Labute approximate surface area is 137 Å². The topological polar surface area (TPSA) is 66.6 Å².